The average molecular weight is 294 g/mol. The maximum absolute atomic E-state index is 11.8. The van der Waals surface area contributed by atoms with E-state index >= 15 is 0 Å². The zero-order valence-corrected chi connectivity index (χ0v) is 12.1. The smallest absolute Gasteiger partial charge is 0.258 e. The summed E-state index contributed by atoms with van der Waals surface area (Å²) in [6.45, 7) is 3.69. The van der Waals surface area contributed by atoms with E-state index in [4.69, 9.17) is 20.8 Å². The van der Waals surface area contributed by atoms with Gasteiger partial charge in [0.25, 0.3) is 5.91 Å². The molecule has 0 radical (unpaired) electrons. The van der Waals surface area contributed by atoms with E-state index in [-0.39, 0.29) is 18.6 Å². The fourth-order valence-electron chi connectivity index (χ4n) is 1.76. The first-order valence-corrected chi connectivity index (χ1v) is 6.66. The van der Waals surface area contributed by atoms with Crippen LogP contribution in [0.5, 0.6) is 5.75 Å². The third-order valence-corrected chi connectivity index (χ3v) is 3.11. The molecule has 2 rings (SSSR count). The second-order valence-corrected chi connectivity index (χ2v) is 4.93. The first kappa shape index (κ1) is 14.5. The molecule has 0 spiro atoms. The van der Waals surface area contributed by atoms with Crippen LogP contribution in [-0.4, -0.2) is 12.5 Å². The van der Waals surface area contributed by atoms with Crippen LogP contribution in [0.1, 0.15) is 24.3 Å². The Morgan fingerprint density at radius 2 is 2.25 bits per heavy atom. The highest BCUT2D eigenvalue weighted by atomic mass is 35.5. The number of amides is 1. The van der Waals surface area contributed by atoms with Crippen LogP contribution in [0.2, 0.25) is 5.02 Å². The number of aryl methyl sites for hydroxylation is 1. The molecule has 0 aliphatic heterocycles. The molecule has 1 heterocycles. The molecule has 1 aromatic carbocycles. The summed E-state index contributed by atoms with van der Waals surface area (Å²) in [5.74, 6) is 0.978. The quantitative estimate of drug-likeness (QED) is 0.918. The molecule has 0 saturated heterocycles. The van der Waals surface area contributed by atoms with Crippen molar-refractivity contribution in [1.82, 2.24) is 5.32 Å². The molecule has 5 heteroatoms. The van der Waals surface area contributed by atoms with Crippen molar-refractivity contribution in [3.05, 3.63) is 52.9 Å². The van der Waals surface area contributed by atoms with Gasteiger partial charge in [-0.05, 0) is 43.7 Å². The van der Waals surface area contributed by atoms with E-state index in [1.54, 1.807) is 24.5 Å². The number of ether oxygens (including phenoxy) is 1. The van der Waals surface area contributed by atoms with Crippen molar-refractivity contribution in [2.24, 2.45) is 0 Å². The monoisotopic (exact) mass is 293 g/mol. The van der Waals surface area contributed by atoms with Gasteiger partial charge in [-0.15, -0.1) is 0 Å². The Labute approximate surface area is 122 Å². The molecule has 1 atom stereocenters. The topological polar surface area (TPSA) is 51.5 Å². The van der Waals surface area contributed by atoms with Crippen molar-refractivity contribution in [2.45, 2.75) is 19.9 Å². The van der Waals surface area contributed by atoms with Crippen LogP contribution in [-0.2, 0) is 4.79 Å². The van der Waals surface area contributed by atoms with Crippen molar-refractivity contribution in [1.29, 1.82) is 0 Å². The van der Waals surface area contributed by atoms with Gasteiger partial charge in [0.05, 0.1) is 17.3 Å². The van der Waals surface area contributed by atoms with Gasteiger partial charge in [0.1, 0.15) is 11.5 Å². The lowest BCUT2D eigenvalue weighted by Crippen LogP contribution is -2.31. The highest BCUT2D eigenvalue weighted by molar-refractivity contribution is 6.32. The van der Waals surface area contributed by atoms with E-state index in [2.05, 4.69) is 5.32 Å². The molecular formula is C15H16ClNO3. The Bertz CT molecular complexity index is 581. The minimum Gasteiger partial charge on any atom is -0.482 e. The minimum absolute atomic E-state index is 0.0891. The fraction of sp³-hybridized carbons (Fsp3) is 0.267. The van der Waals surface area contributed by atoms with E-state index in [0.717, 1.165) is 5.56 Å². The zero-order valence-electron chi connectivity index (χ0n) is 11.4. The molecule has 1 amide bonds. The number of carbonyl (C=O) groups is 1. The molecule has 20 heavy (non-hydrogen) atoms. The number of hydrogen-bond acceptors (Lipinski definition) is 3. The van der Waals surface area contributed by atoms with E-state index in [9.17, 15) is 4.79 Å². The molecule has 2 aromatic rings. The highest BCUT2D eigenvalue weighted by Gasteiger charge is 2.12. The van der Waals surface area contributed by atoms with Crippen LogP contribution in [0.15, 0.2) is 41.0 Å². The lowest BCUT2D eigenvalue weighted by atomic mass is 10.2. The van der Waals surface area contributed by atoms with Gasteiger partial charge in [-0.1, -0.05) is 17.7 Å². The Morgan fingerprint density at radius 1 is 1.45 bits per heavy atom. The number of benzene rings is 1. The predicted molar refractivity (Wildman–Crippen MR) is 76.9 cm³/mol. The maximum atomic E-state index is 11.8. The standard InChI is InChI=1S/C15H16ClNO3/c1-10-5-6-12(16)14(8-10)20-9-15(18)17-11(2)13-4-3-7-19-13/h3-8,11H,9H2,1-2H3,(H,17,18)/t11-/m0/s1. The molecular weight excluding hydrogens is 278 g/mol. The number of rotatable bonds is 5. The number of furan rings is 1. The zero-order chi connectivity index (χ0) is 14.5. The number of carbonyl (C=O) groups excluding carboxylic acids is 1. The van der Waals surface area contributed by atoms with E-state index in [1.807, 2.05) is 26.0 Å². The fourth-order valence-corrected chi connectivity index (χ4v) is 1.93. The van der Waals surface area contributed by atoms with Crippen LogP contribution in [0.4, 0.5) is 0 Å². The number of hydrogen-bond donors (Lipinski definition) is 1. The molecule has 0 bridgehead atoms. The average Bonchev–Trinajstić information content (AvgIpc) is 2.94. The Morgan fingerprint density at radius 3 is 2.95 bits per heavy atom. The summed E-state index contributed by atoms with van der Waals surface area (Å²) in [6.07, 6.45) is 1.57. The van der Waals surface area contributed by atoms with Crippen LogP contribution in [0.25, 0.3) is 0 Å². The molecule has 0 saturated carbocycles. The molecule has 106 valence electrons. The van der Waals surface area contributed by atoms with E-state index in [1.165, 1.54) is 0 Å². The molecule has 0 unspecified atom stereocenters. The highest BCUT2D eigenvalue weighted by Crippen LogP contribution is 2.25. The molecule has 0 fully saturated rings. The van der Waals surface area contributed by atoms with Crippen molar-refractivity contribution in [2.75, 3.05) is 6.61 Å². The van der Waals surface area contributed by atoms with Gasteiger partial charge < -0.3 is 14.5 Å². The van der Waals surface area contributed by atoms with Crippen molar-refractivity contribution >= 4 is 17.5 Å². The minimum atomic E-state index is -0.230. The van der Waals surface area contributed by atoms with Gasteiger partial charge in [0.2, 0.25) is 0 Å². The Kier molecular flexibility index (Phi) is 4.69. The van der Waals surface area contributed by atoms with Crippen LogP contribution in [0, 0.1) is 6.92 Å². The lowest BCUT2D eigenvalue weighted by Gasteiger charge is -2.13. The number of halogens is 1. The van der Waals surface area contributed by atoms with Crippen molar-refractivity contribution in [3.8, 4) is 5.75 Å². The predicted octanol–water partition coefficient (Wildman–Crippen LogP) is 3.50. The second-order valence-electron chi connectivity index (χ2n) is 4.53. The molecule has 1 aromatic heterocycles. The summed E-state index contributed by atoms with van der Waals surface area (Å²) in [5.41, 5.74) is 1.02. The van der Waals surface area contributed by atoms with E-state index < -0.39 is 0 Å². The van der Waals surface area contributed by atoms with Gasteiger partial charge in [-0.3, -0.25) is 4.79 Å². The Balaban J connectivity index is 1.87. The lowest BCUT2D eigenvalue weighted by molar-refractivity contribution is -0.123. The molecule has 4 nitrogen and oxygen atoms in total. The summed E-state index contributed by atoms with van der Waals surface area (Å²) >= 11 is 5.99. The third-order valence-electron chi connectivity index (χ3n) is 2.79. The summed E-state index contributed by atoms with van der Waals surface area (Å²) in [7, 11) is 0. The second kappa shape index (κ2) is 6.48. The van der Waals surface area contributed by atoms with Gasteiger partial charge in [-0.2, -0.15) is 0 Å². The SMILES string of the molecule is Cc1ccc(Cl)c(OCC(=O)N[C@@H](C)c2ccco2)c1. The summed E-state index contributed by atoms with van der Waals surface area (Å²) in [5, 5.41) is 3.27. The molecule has 0 aliphatic rings. The third kappa shape index (κ3) is 3.78. The van der Waals surface area contributed by atoms with Crippen LogP contribution >= 0.6 is 11.6 Å². The van der Waals surface area contributed by atoms with Gasteiger partial charge in [0.15, 0.2) is 6.61 Å². The van der Waals surface area contributed by atoms with Gasteiger partial charge in [0, 0.05) is 0 Å². The largest absolute Gasteiger partial charge is 0.482 e. The molecule has 0 aliphatic carbocycles. The summed E-state index contributed by atoms with van der Waals surface area (Å²) in [4.78, 5) is 11.8. The van der Waals surface area contributed by atoms with Gasteiger partial charge >= 0.3 is 0 Å². The first-order valence-electron chi connectivity index (χ1n) is 6.28. The van der Waals surface area contributed by atoms with Crippen LogP contribution < -0.4 is 10.1 Å². The van der Waals surface area contributed by atoms with Gasteiger partial charge in [-0.25, -0.2) is 0 Å². The summed E-state index contributed by atoms with van der Waals surface area (Å²) in [6, 6.07) is 8.81. The van der Waals surface area contributed by atoms with Crippen LogP contribution in [0.3, 0.4) is 0 Å². The number of nitrogens with one attached hydrogen (secondary N) is 1. The normalized spacial score (nSPS) is 11.9. The maximum Gasteiger partial charge on any atom is 0.258 e. The van der Waals surface area contributed by atoms with Crippen molar-refractivity contribution in [3.63, 3.8) is 0 Å². The van der Waals surface area contributed by atoms with Crippen molar-refractivity contribution < 1.29 is 13.9 Å². The summed E-state index contributed by atoms with van der Waals surface area (Å²) < 4.78 is 10.6. The molecule has 1 N–H and O–H groups in total. The van der Waals surface area contributed by atoms with E-state index in [0.29, 0.717) is 16.5 Å². The Hall–Kier alpha value is -1.94. The first-order chi connectivity index (χ1) is 9.56.